The summed E-state index contributed by atoms with van der Waals surface area (Å²) in [6.07, 6.45) is 5.80. The van der Waals surface area contributed by atoms with Gasteiger partial charge in [0.25, 0.3) is 0 Å². The van der Waals surface area contributed by atoms with Crippen LogP contribution in [-0.4, -0.2) is 12.2 Å². The van der Waals surface area contributed by atoms with E-state index in [9.17, 15) is 4.79 Å². The van der Waals surface area contributed by atoms with E-state index in [4.69, 9.17) is 4.74 Å². The molecule has 0 saturated carbocycles. The zero-order valence-electron chi connectivity index (χ0n) is 15.2. The van der Waals surface area contributed by atoms with Gasteiger partial charge >= 0.3 is 6.09 Å². The van der Waals surface area contributed by atoms with Gasteiger partial charge in [0.2, 0.25) is 0 Å². The number of carbonyl (C=O) groups excluding carboxylic acids is 1. The number of carbonyl (C=O) groups is 1. The standard InChI is InChI=1S/C22H24N2O2/c1-16(2)26-22(25)24-21-13-7-6-12-20(21)23-19-14-8-11-18(19)15-17-9-4-3-5-10-17/h3-7,9-10,12-16,23H,8,11H2,1-2H3,(H,24,25)/b18-15-. The van der Waals surface area contributed by atoms with Crippen molar-refractivity contribution in [3.8, 4) is 0 Å². The maximum absolute atomic E-state index is 11.9. The van der Waals surface area contributed by atoms with E-state index in [2.05, 4.69) is 34.9 Å². The highest BCUT2D eigenvalue weighted by molar-refractivity contribution is 5.90. The van der Waals surface area contributed by atoms with E-state index < -0.39 is 6.09 Å². The van der Waals surface area contributed by atoms with Crippen molar-refractivity contribution in [2.45, 2.75) is 32.8 Å². The summed E-state index contributed by atoms with van der Waals surface area (Å²) in [7, 11) is 0. The largest absolute Gasteiger partial charge is 0.447 e. The number of hydrogen-bond acceptors (Lipinski definition) is 3. The lowest BCUT2D eigenvalue weighted by atomic mass is 10.1. The fourth-order valence-corrected chi connectivity index (χ4v) is 2.87. The molecule has 0 spiro atoms. The Morgan fingerprint density at radius 3 is 2.46 bits per heavy atom. The van der Waals surface area contributed by atoms with Crippen molar-refractivity contribution >= 4 is 23.5 Å². The van der Waals surface area contributed by atoms with Crippen molar-refractivity contribution < 1.29 is 9.53 Å². The van der Waals surface area contributed by atoms with E-state index in [0.29, 0.717) is 5.69 Å². The second kappa shape index (κ2) is 8.39. The molecular weight excluding hydrogens is 324 g/mol. The van der Waals surface area contributed by atoms with Gasteiger partial charge in [0.05, 0.1) is 17.5 Å². The molecule has 26 heavy (non-hydrogen) atoms. The van der Waals surface area contributed by atoms with Gasteiger partial charge in [-0.15, -0.1) is 0 Å². The minimum Gasteiger partial charge on any atom is -0.447 e. The SMILES string of the molecule is CC(C)OC(=O)Nc1ccccc1NC1=CCC/C1=C/c1ccccc1. The average Bonchev–Trinajstić information content (AvgIpc) is 3.03. The monoisotopic (exact) mass is 348 g/mol. The predicted octanol–water partition coefficient (Wildman–Crippen LogP) is 5.82. The van der Waals surface area contributed by atoms with Crippen molar-refractivity contribution in [2.75, 3.05) is 10.6 Å². The molecule has 2 N–H and O–H groups in total. The predicted molar refractivity (Wildman–Crippen MR) is 107 cm³/mol. The third kappa shape index (κ3) is 4.76. The molecule has 0 radical (unpaired) electrons. The Kier molecular flexibility index (Phi) is 5.74. The van der Waals surface area contributed by atoms with E-state index in [1.165, 1.54) is 11.1 Å². The van der Waals surface area contributed by atoms with Crippen LogP contribution >= 0.6 is 0 Å². The lowest BCUT2D eigenvalue weighted by molar-refractivity contribution is 0.130. The highest BCUT2D eigenvalue weighted by Crippen LogP contribution is 2.31. The summed E-state index contributed by atoms with van der Waals surface area (Å²) in [6.45, 7) is 3.65. The summed E-state index contributed by atoms with van der Waals surface area (Å²) in [5.41, 5.74) is 5.07. The highest BCUT2D eigenvalue weighted by Gasteiger charge is 2.14. The van der Waals surface area contributed by atoms with Gasteiger partial charge < -0.3 is 10.1 Å². The molecule has 0 aromatic heterocycles. The van der Waals surface area contributed by atoms with E-state index in [1.54, 1.807) is 0 Å². The van der Waals surface area contributed by atoms with E-state index >= 15 is 0 Å². The molecular formula is C22H24N2O2. The van der Waals surface area contributed by atoms with Crippen LogP contribution in [0, 0.1) is 0 Å². The summed E-state index contributed by atoms with van der Waals surface area (Å²) >= 11 is 0. The summed E-state index contributed by atoms with van der Waals surface area (Å²) in [6, 6.07) is 17.9. The van der Waals surface area contributed by atoms with Crippen molar-refractivity contribution in [3.63, 3.8) is 0 Å². The van der Waals surface area contributed by atoms with Crippen LogP contribution in [0.4, 0.5) is 16.2 Å². The second-order valence-electron chi connectivity index (χ2n) is 6.49. The molecule has 134 valence electrons. The zero-order chi connectivity index (χ0) is 18.4. The van der Waals surface area contributed by atoms with Gasteiger partial charge in [-0.1, -0.05) is 48.5 Å². The van der Waals surface area contributed by atoms with Gasteiger partial charge in [-0.25, -0.2) is 4.79 Å². The Bertz CT molecular complexity index is 823. The highest BCUT2D eigenvalue weighted by atomic mass is 16.6. The number of para-hydroxylation sites is 2. The van der Waals surface area contributed by atoms with Crippen molar-refractivity contribution in [1.82, 2.24) is 0 Å². The van der Waals surface area contributed by atoms with Crippen molar-refractivity contribution in [2.24, 2.45) is 0 Å². The van der Waals surface area contributed by atoms with Crippen LogP contribution in [0.25, 0.3) is 6.08 Å². The molecule has 2 aromatic rings. The Morgan fingerprint density at radius 2 is 1.73 bits per heavy atom. The van der Waals surface area contributed by atoms with Gasteiger partial charge in [0.1, 0.15) is 0 Å². The fourth-order valence-electron chi connectivity index (χ4n) is 2.87. The van der Waals surface area contributed by atoms with Crippen LogP contribution in [0.1, 0.15) is 32.3 Å². The zero-order valence-corrected chi connectivity index (χ0v) is 15.2. The van der Waals surface area contributed by atoms with Crippen LogP contribution in [0.5, 0.6) is 0 Å². The molecule has 0 unspecified atom stereocenters. The summed E-state index contributed by atoms with van der Waals surface area (Å²) in [4.78, 5) is 11.9. The number of allylic oxidation sites excluding steroid dienone is 2. The number of hydrogen-bond donors (Lipinski definition) is 2. The lowest BCUT2D eigenvalue weighted by Gasteiger charge is -2.16. The van der Waals surface area contributed by atoms with E-state index in [0.717, 1.165) is 24.2 Å². The molecule has 2 aromatic carbocycles. The first-order valence-corrected chi connectivity index (χ1v) is 8.91. The molecule has 1 amide bonds. The molecule has 0 fully saturated rings. The van der Waals surface area contributed by atoms with Gasteiger partial charge in [-0.3, -0.25) is 5.32 Å². The molecule has 0 saturated heterocycles. The lowest BCUT2D eigenvalue weighted by Crippen LogP contribution is -2.18. The van der Waals surface area contributed by atoms with E-state index in [-0.39, 0.29) is 6.10 Å². The first-order chi connectivity index (χ1) is 12.6. The van der Waals surface area contributed by atoms with Gasteiger partial charge in [0, 0.05) is 5.70 Å². The average molecular weight is 348 g/mol. The molecule has 4 nitrogen and oxygen atoms in total. The van der Waals surface area contributed by atoms with Crippen molar-refractivity contribution in [1.29, 1.82) is 0 Å². The minimum atomic E-state index is -0.449. The summed E-state index contributed by atoms with van der Waals surface area (Å²) in [5.74, 6) is 0. The topological polar surface area (TPSA) is 50.4 Å². The number of anilines is 2. The van der Waals surface area contributed by atoms with Crippen molar-refractivity contribution in [3.05, 3.63) is 77.5 Å². The smallest absolute Gasteiger partial charge is 0.411 e. The molecule has 1 aliphatic rings. The summed E-state index contributed by atoms with van der Waals surface area (Å²) in [5, 5.41) is 6.27. The van der Waals surface area contributed by atoms with Crippen LogP contribution in [0.2, 0.25) is 0 Å². The Labute approximate surface area is 154 Å². The van der Waals surface area contributed by atoms with Crippen LogP contribution in [0.3, 0.4) is 0 Å². The molecule has 1 aliphatic carbocycles. The third-order valence-corrected chi connectivity index (χ3v) is 4.02. The van der Waals surface area contributed by atoms with Gasteiger partial charge in [-0.2, -0.15) is 0 Å². The number of nitrogens with one attached hydrogen (secondary N) is 2. The summed E-state index contributed by atoms with van der Waals surface area (Å²) < 4.78 is 5.18. The Balaban J connectivity index is 1.76. The fraction of sp³-hybridized carbons (Fsp3) is 0.227. The number of benzene rings is 2. The minimum absolute atomic E-state index is 0.159. The quantitative estimate of drug-likeness (QED) is 0.716. The second-order valence-corrected chi connectivity index (χ2v) is 6.49. The van der Waals surface area contributed by atoms with Gasteiger partial charge in [-0.05, 0) is 56.0 Å². The maximum atomic E-state index is 11.9. The number of rotatable bonds is 5. The number of ether oxygens (including phenoxy) is 1. The molecule has 0 atom stereocenters. The number of amides is 1. The van der Waals surface area contributed by atoms with Crippen LogP contribution < -0.4 is 10.6 Å². The maximum Gasteiger partial charge on any atom is 0.411 e. The molecule has 3 rings (SSSR count). The first kappa shape index (κ1) is 17.8. The Morgan fingerprint density at radius 1 is 1.04 bits per heavy atom. The molecule has 0 heterocycles. The third-order valence-electron chi connectivity index (χ3n) is 4.02. The van der Waals surface area contributed by atoms with Crippen LogP contribution in [0.15, 0.2) is 71.9 Å². The molecule has 0 aliphatic heterocycles. The molecule has 0 bridgehead atoms. The Hall–Kier alpha value is -3.01. The molecule has 4 heteroatoms. The normalized spacial score (nSPS) is 15.0. The van der Waals surface area contributed by atoms with Gasteiger partial charge in [0.15, 0.2) is 0 Å². The van der Waals surface area contributed by atoms with Crippen LogP contribution in [-0.2, 0) is 4.74 Å². The van der Waals surface area contributed by atoms with E-state index in [1.807, 2.05) is 56.3 Å². The first-order valence-electron chi connectivity index (χ1n) is 8.91.